The molecular formula is C20H23FN6O. The summed E-state index contributed by atoms with van der Waals surface area (Å²) in [5.74, 6) is 1.32. The van der Waals surface area contributed by atoms with Crippen molar-refractivity contribution >= 4 is 17.4 Å². The monoisotopic (exact) mass is 382 g/mol. The lowest BCUT2D eigenvalue weighted by molar-refractivity contribution is -0.125. The maximum absolute atomic E-state index is 13.0. The van der Waals surface area contributed by atoms with E-state index in [4.69, 9.17) is 0 Å². The molecule has 8 heteroatoms. The van der Waals surface area contributed by atoms with Gasteiger partial charge < -0.3 is 10.2 Å². The number of rotatable bonds is 5. The number of piperidine rings is 1. The highest BCUT2D eigenvalue weighted by atomic mass is 19.1. The Bertz CT molecular complexity index is 970. The van der Waals surface area contributed by atoms with Crippen LogP contribution in [0.15, 0.2) is 36.4 Å². The maximum atomic E-state index is 13.0. The SMILES string of the molecule is Cc1nnc2ccc(N3CCC[C@@H](C(=O)NCCc4ccc(F)cc4)C3)nn12. The second kappa shape index (κ2) is 7.92. The zero-order chi connectivity index (χ0) is 19.5. The number of anilines is 1. The normalized spacial score (nSPS) is 17.1. The molecule has 1 amide bonds. The molecule has 2 aromatic heterocycles. The van der Waals surface area contributed by atoms with Gasteiger partial charge >= 0.3 is 0 Å². The highest BCUT2D eigenvalue weighted by Gasteiger charge is 2.26. The molecule has 146 valence electrons. The number of nitrogens with one attached hydrogen (secondary N) is 1. The van der Waals surface area contributed by atoms with Crippen LogP contribution in [-0.4, -0.2) is 45.4 Å². The number of hydrogen-bond donors (Lipinski definition) is 1. The summed E-state index contributed by atoms with van der Waals surface area (Å²) in [6.07, 6.45) is 2.50. The van der Waals surface area contributed by atoms with Crippen LogP contribution in [0.2, 0.25) is 0 Å². The average Bonchev–Trinajstić information content (AvgIpc) is 3.10. The van der Waals surface area contributed by atoms with E-state index in [0.717, 1.165) is 36.6 Å². The van der Waals surface area contributed by atoms with E-state index < -0.39 is 0 Å². The van der Waals surface area contributed by atoms with Crippen LogP contribution in [0.5, 0.6) is 0 Å². The first kappa shape index (κ1) is 18.3. The number of halogens is 1. The van der Waals surface area contributed by atoms with Gasteiger partial charge in [-0.2, -0.15) is 4.52 Å². The lowest BCUT2D eigenvalue weighted by Crippen LogP contribution is -2.44. The third-order valence-corrected chi connectivity index (χ3v) is 5.15. The van der Waals surface area contributed by atoms with E-state index in [1.807, 2.05) is 19.1 Å². The van der Waals surface area contributed by atoms with Crippen molar-refractivity contribution in [1.82, 2.24) is 25.1 Å². The number of carbonyl (C=O) groups is 1. The molecule has 7 nitrogen and oxygen atoms in total. The Kier molecular flexibility index (Phi) is 5.18. The Morgan fingerprint density at radius 1 is 1.21 bits per heavy atom. The number of aryl methyl sites for hydroxylation is 1. The molecule has 1 saturated heterocycles. The van der Waals surface area contributed by atoms with Gasteiger partial charge in [-0.1, -0.05) is 12.1 Å². The van der Waals surface area contributed by atoms with Gasteiger partial charge in [-0.15, -0.1) is 15.3 Å². The van der Waals surface area contributed by atoms with Crippen LogP contribution in [-0.2, 0) is 11.2 Å². The summed E-state index contributed by atoms with van der Waals surface area (Å²) in [5, 5.41) is 15.7. The van der Waals surface area contributed by atoms with Crippen molar-refractivity contribution in [2.45, 2.75) is 26.2 Å². The minimum absolute atomic E-state index is 0.0633. The molecule has 1 aromatic carbocycles. The van der Waals surface area contributed by atoms with Gasteiger partial charge in [0.2, 0.25) is 5.91 Å². The zero-order valence-corrected chi connectivity index (χ0v) is 15.8. The Labute approximate surface area is 162 Å². The minimum Gasteiger partial charge on any atom is -0.355 e. The second-order valence-corrected chi connectivity index (χ2v) is 7.16. The molecule has 1 aliphatic rings. The van der Waals surface area contributed by atoms with E-state index >= 15 is 0 Å². The summed E-state index contributed by atoms with van der Waals surface area (Å²) in [6.45, 7) is 3.93. The first-order valence-corrected chi connectivity index (χ1v) is 9.56. The first-order valence-electron chi connectivity index (χ1n) is 9.56. The molecule has 0 unspecified atom stereocenters. The molecule has 0 aliphatic carbocycles. The van der Waals surface area contributed by atoms with Gasteiger partial charge in [0.1, 0.15) is 11.6 Å². The van der Waals surface area contributed by atoms with E-state index in [-0.39, 0.29) is 17.6 Å². The number of amides is 1. The van der Waals surface area contributed by atoms with Crippen molar-refractivity contribution in [2.24, 2.45) is 5.92 Å². The van der Waals surface area contributed by atoms with Gasteiger partial charge in [-0.3, -0.25) is 4.79 Å². The van der Waals surface area contributed by atoms with Crippen molar-refractivity contribution in [3.05, 3.63) is 53.6 Å². The summed E-state index contributed by atoms with van der Waals surface area (Å²) >= 11 is 0. The van der Waals surface area contributed by atoms with E-state index in [2.05, 4.69) is 25.5 Å². The predicted molar refractivity (Wildman–Crippen MR) is 104 cm³/mol. The second-order valence-electron chi connectivity index (χ2n) is 7.16. The van der Waals surface area contributed by atoms with E-state index in [1.54, 1.807) is 16.6 Å². The quantitative estimate of drug-likeness (QED) is 0.732. The smallest absolute Gasteiger partial charge is 0.224 e. The summed E-state index contributed by atoms with van der Waals surface area (Å²) in [5.41, 5.74) is 1.72. The fourth-order valence-corrected chi connectivity index (χ4v) is 3.58. The van der Waals surface area contributed by atoms with Crippen molar-refractivity contribution in [3.8, 4) is 0 Å². The van der Waals surface area contributed by atoms with Gasteiger partial charge in [0.05, 0.1) is 5.92 Å². The van der Waals surface area contributed by atoms with Crippen LogP contribution in [0.25, 0.3) is 5.65 Å². The number of carbonyl (C=O) groups excluding carboxylic acids is 1. The van der Waals surface area contributed by atoms with E-state index in [9.17, 15) is 9.18 Å². The van der Waals surface area contributed by atoms with E-state index in [1.165, 1.54) is 12.1 Å². The average molecular weight is 382 g/mol. The van der Waals surface area contributed by atoms with Crippen LogP contribution in [0.3, 0.4) is 0 Å². The van der Waals surface area contributed by atoms with Crippen LogP contribution < -0.4 is 10.2 Å². The van der Waals surface area contributed by atoms with Gasteiger partial charge in [0.25, 0.3) is 0 Å². The topological polar surface area (TPSA) is 75.4 Å². The minimum atomic E-state index is -0.247. The predicted octanol–water partition coefficient (Wildman–Crippen LogP) is 2.15. The molecule has 0 radical (unpaired) electrons. The first-order chi connectivity index (χ1) is 13.6. The van der Waals surface area contributed by atoms with Gasteiger partial charge in [0, 0.05) is 19.6 Å². The molecule has 3 heterocycles. The van der Waals surface area contributed by atoms with Gasteiger partial charge in [-0.25, -0.2) is 4.39 Å². The lowest BCUT2D eigenvalue weighted by atomic mass is 9.97. The Balaban J connectivity index is 1.35. The highest BCUT2D eigenvalue weighted by molar-refractivity contribution is 5.79. The molecule has 1 aliphatic heterocycles. The molecule has 3 aromatic rings. The molecule has 0 bridgehead atoms. The lowest BCUT2D eigenvalue weighted by Gasteiger charge is -2.32. The van der Waals surface area contributed by atoms with Crippen molar-refractivity contribution in [1.29, 1.82) is 0 Å². The van der Waals surface area contributed by atoms with Gasteiger partial charge in [-0.05, 0) is 56.0 Å². The largest absolute Gasteiger partial charge is 0.355 e. The van der Waals surface area contributed by atoms with Crippen LogP contribution in [0.1, 0.15) is 24.2 Å². The van der Waals surface area contributed by atoms with Crippen LogP contribution >= 0.6 is 0 Å². The number of aromatic nitrogens is 4. The molecule has 1 N–H and O–H groups in total. The van der Waals surface area contributed by atoms with Crippen LogP contribution in [0, 0.1) is 18.7 Å². The van der Waals surface area contributed by atoms with Crippen molar-refractivity contribution in [3.63, 3.8) is 0 Å². The van der Waals surface area contributed by atoms with Crippen LogP contribution in [0.4, 0.5) is 10.2 Å². The number of benzene rings is 1. The number of fused-ring (bicyclic) bond motifs is 1. The molecule has 4 rings (SSSR count). The molecule has 0 saturated carbocycles. The third-order valence-electron chi connectivity index (χ3n) is 5.15. The molecule has 1 fully saturated rings. The summed E-state index contributed by atoms with van der Waals surface area (Å²) in [4.78, 5) is 14.7. The fraction of sp³-hybridized carbons (Fsp3) is 0.400. The summed E-state index contributed by atoms with van der Waals surface area (Å²) < 4.78 is 14.7. The Morgan fingerprint density at radius 3 is 2.86 bits per heavy atom. The molecular weight excluding hydrogens is 359 g/mol. The fourth-order valence-electron chi connectivity index (χ4n) is 3.58. The highest BCUT2D eigenvalue weighted by Crippen LogP contribution is 2.22. The Hall–Kier alpha value is -3.03. The van der Waals surface area contributed by atoms with Crippen molar-refractivity contribution in [2.75, 3.05) is 24.5 Å². The molecule has 28 heavy (non-hydrogen) atoms. The summed E-state index contributed by atoms with van der Waals surface area (Å²) in [7, 11) is 0. The Morgan fingerprint density at radius 2 is 2.04 bits per heavy atom. The number of hydrogen-bond acceptors (Lipinski definition) is 5. The standard InChI is InChI=1S/C20H23FN6O/c1-14-23-24-18-8-9-19(25-27(14)18)26-12-2-3-16(13-26)20(28)22-11-10-15-4-6-17(21)7-5-15/h4-9,16H,2-3,10-13H2,1H3,(H,22,28)/t16-/m1/s1. The van der Waals surface area contributed by atoms with Gasteiger partial charge in [0.15, 0.2) is 11.5 Å². The number of nitrogens with zero attached hydrogens (tertiary/aromatic N) is 5. The summed E-state index contributed by atoms with van der Waals surface area (Å²) in [6, 6.07) is 10.2. The maximum Gasteiger partial charge on any atom is 0.224 e. The van der Waals surface area contributed by atoms with E-state index in [0.29, 0.717) is 25.2 Å². The molecule has 0 spiro atoms. The zero-order valence-electron chi connectivity index (χ0n) is 15.8. The van der Waals surface area contributed by atoms with Crippen molar-refractivity contribution < 1.29 is 9.18 Å². The molecule has 1 atom stereocenters. The third kappa shape index (κ3) is 3.95.